The highest BCUT2D eigenvalue weighted by Crippen LogP contribution is 2.30. The molecule has 1 aliphatic carbocycles. The standard InChI is InChI=1S/C23H30N2O6/c1-29-22(27)18-14-31-15-25(20(18)23(28)30-2)19-13-9-8-12-17(19)21(26)24-16-10-6-4-3-5-7-11-16/h8-9,12-13,16H,3-7,10-11,14-15H2,1-2H3,(H,24,26). The van der Waals surface area contributed by atoms with Crippen molar-refractivity contribution in [3.63, 3.8) is 0 Å². The number of esters is 2. The van der Waals surface area contributed by atoms with Gasteiger partial charge in [0.1, 0.15) is 12.4 Å². The van der Waals surface area contributed by atoms with Crippen molar-refractivity contribution in [2.24, 2.45) is 0 Å². The zero-order chi connectivity index (χ0) is 22.2. The maximum Gasteiger partial charge on any atom is 0.355 e. The fourth-order valence-electron chi connectivity index (χ4n) is 4.10. The third kappa shape index (κ3) is 5.44. The molecule has 0 spiro atoms. The lowest BCUT2D eigenvalue weighted by molar-refractivity contribution is -0.140. The average Bonchev–Trinajstić information content (AvgIpc) is 2.79. The Morgan fingerprint density at radius 3 is 2.29 bits per heavy atom. The number of benzene rings is 1. The van der Waals surface area contributed by atoms with Gasteiger partial charge in [-0.2, -0.15) is 0 Å². The molecule has 0 aromatic heterocycles. The van der Waals surface area contributed by atoms with E-state index in [0.717, 1.165) is 25.7 Å². The van der Waals surface area contributed by atoms with Crippen molar-refractivity contribution in [3.05, 3.63) is 41.1 Å². The summed E-state index contributed by atoms with van der Waals surface area (Å²) in [5.41, 5.74) is 0.940. The fraction of sp³-hybridized carbons (Fsp3) is 0.522. The summed E-state index contributed by atoms with van der Waals surface area (Å²) in [4.78, 5) is 39.5. The largest absolute Gasteiger partial charge is 0.466 e. The second-order valence-corrected chi connectivity index (χ2v) is 7.75. The van der Waals surface area contributed by atoms with E-state index in [0.29, 0.717) is 11.3 Å². The second-order valence-electron chi connectivity index (χ2n) is 7.75. The fourth-order valence-corrected chi connectivity index (χ4v) is 4.10. The number of amides is 1. The third-order valence-corrected chi connectivity index (χ3v) is 5.71. The summed E-state index contributed by atoms with van der Waals surface area (Å²) in [6, 6.07) is 7.08. The number of methoxy groups -OCH3 is 2. The molecule has 8 heteroatoms. The molecular weight excluding hydrogens is 400 g/mol. The Hall–Kier alpha value is -2.87. The van der Waals surface area contributed by atoms with Crippen LogP contribution in [0.3, 0.4) is 0 Å². The number of hydrogen-bond donors (Lipinski definition) is 1. The summed E-state index contributed by atoms with van der Waals surface area (Å²) in [5.74, 6) is -1.59. The first-order valence-electron chi connectivity index (χ1n) is 10.7. The first-order valence-corrected chi connectivity index (χ1v) is 10.7. The Morgan fingerprint density at radius 1 is 0.968 bits per heavy atom. The van der Waals surface area contributed by atoms with E-state index in [1.807, 2.05) is 0 Å². The minimum absolute atomic E-state index is 0.00134. The molecule has 1 heterocycles. The number of hydrogen-bond acceptors (Lipinski definition) is 7. The molecule has 1 aromatic carbocycles. The van der Waals surface area contributed by atoms with E-state index in [4.69, 9.17) is 14.2 Å². The number of nitrogens with one attached hydrogen (secondary N) is 1. The molecule has 31 heavy (non-hydrogen) atoms. The van der Waals surface area contributed by atoms with Gasteiger partial charge in [-0.3, -0.25) is 4.79 Å². The first-order chi connectivity index (χ1) is 15.1. The van der Waals surface area contributed by atoms with E-state index >= 15 is 0 Å². The molecular formula is C23H30N2O6. The normalized spacial score (nSPS) is 18.1. The Bertz CT molecular complexity index is 842. The Balaban J connectivity index is 1.92. The number of carbonyl (C=O) groups is 3. The molecule has 1 N–H and O–H groups in total. The van der Waals surface area contributed by atoms with Crippen molar-refractivity contribution in [2.45, 2.75) is 51.0 Å². The van der Waals surface area contributed by atoms with Crippen molar-refractivity contribution in [1.82, 2.24) is 5.32 Å². The minimum Gasteiger partial charge on any atom is -0.466 e. The monoisotopic (exact) mass is 430 g/mol. The van der Waals surface area contributed by atoms with Crippen molar-refractivity contribution < 1.29 is 28.6 Å². The molecule has 8 nitrogen and oxygen atoms in total. The molecule has 1 saturated carbocycles. The molecule has 3 rings (SSSR count). The summed E-state index contributed by atoms with van der Waals surface area (Å²) in [7, 11) is 2.48. The van der Waals surface area contributed by atoms with Gasteiger partial charge in [0.05, 0.1) is 37.7 Å². The quantitative estimate of drug-likeness (QED) is 0.718. The molecule has 0 saturated heterocycles. The summed E-state index contributed by atoms with van der Waals surface area (Å²) in [6.45, 7) is -0.0807. The van der Waals surface area contributed by atoms with Gasteiger partial charge >= 0.3 is 11.9 Å². The maximum atomic E-state index is 13.2. The highest BCUT2D eigenvalue weighted by molar-refractivity contribution is 6.06. The van der Waals surface area contributed by atoms with Crippen LogP contribution in [0.25, 0.3) is 0 Å². The molecule has 168 valence electrons. The van der Waals surface area contributed by atoms with Gasteiger partial charge in [0.25, 0.3) is 5.91 Å². The Labute approximate surface area is 182 Å². The molecule has 2 aliphatic rings. The van der Waals surface area contributed by atoms with Gasteiger partial charge in [-0.25, -0.2) is 9.59 Å². The third-order valence-electron chi connectivity index (χ3n) is 5.71. The summed E-state index contributed by atoms with van der Waals surface area (Å²) < 4.78 is 15.3. The Kier molecular flexibility index (Phi) is 8.06. The van der Waals surface area contributed by atoms with E-state index in [1.165, 1.54) is 38.4 Å². The zero-order valence-electron chi connectivity index (χ0n) is 18.1. The topological polar surface area (TPSA) is 94.2 Å². The number of ether oxygens (including phenoxy) is 3. The highest BCUT2D eigenvalue weighted by Gasteiger charge is 2.34. The van der Waals surface area contributed by atoms with Gasteiger partial charge in [0.15, 0.2) is 0 Å². The minimum atomic E-state index is -0.695. The van der Waals surface area contributed by atoms with Crippen molar-refractivity contribution in [1.29, 1.82) is 0 Å². The zero-order valence-corrected chi connectivity index (χ0v) is 18.1. The van der Waals surface area contributed by atoms with Crippen LogP contribution < -0.4 is 10.2 Å². The summed E-state index contributed by atoms with van der Waals surface area (Å²) in [6.07, 6.45) is 7.76. The molecule has 0 unspecified atom stereocenters. The number of carbonyl (C=O) groups excluding carboxylic acids is 3. The van der Waals surface area contributed by atoms with Crippen LogP contribution in [0.4, 0.5) is 5.69 Å². The number of para-hydroxylation sites is 1. The van der Waals surface area contributed by atoms with Crippen molar-refractivity contribution in [2.75, 3.05) is 32.5 Å². The van der Waals surface area contributed by atoms with Gasteiger partial charge < -0.3 is 24.4 Å². The second kappa shape index (κ2) is 10.9. The molecule has 0 atom stereocenters. The lowest BCUT2D eigenvalue weighted by Gasteiger charge is -2.32. The first kappa shape index (κ1) is 22.8. The molecule has 1 aliphatic heterocycles. The van der Waals surface area contributed by atoms with Crippen LogP contribution in [0.1, 0.15) is 55.3 Å². The van der Waals surface area contributed by atoms with Gasteiger partial charge in [-0.05, 0) is 25.0 Å². The maximum absolute atomic E-state index is 13.2. The van der Waals surface area contributed by atoms with Crippen LogP contribution in [-0.4, -0.2) is 51.4 Å². The van der Waals surface area contributed by atoms with Gasteiger partial charge in [-0.1, -0.05) is 44.2 Å². The summed E-state index contributed by atoms with van der Waals surface area (Å²) in [5, 5.41) is 3.16. The lowest BCUT2D eigenvalue weighted by atomic mass is 9.96. The van der Waals surface area contributed by atoms with Crippen LogP contribution in [0.2, 0.25) is 0 Å². The SMILES string of the molecule is COC(=O)C1=C(C(=O)OC)N(c2ccccc2C(=O)NC2CCCCCCC2)COC1. The van der Waals surface area contributed by atoms with Gasteiger partial charge in [0.2, 0.25) is 0 Å². The predicted molar refractivity (Wildman–Crippen MR) is 114 cm³/mol. The van der Waals surface area contributed by atoms with E-state index in [-0.39, 0.29) is 36.6 Å². The highest BCUT2D eigenvalue weighted by atomic mass is 16.5. The van der Waals surface area contributed by atoms with Crippen molar-refractivity contribution in [3.8, 4) is 0 Å². The molecule has 1 amide bonds. The Morgan fingerprint density at radius 2 is 1.61 bits per heavy atom. The smallest absolute Gasteiger partial charge is 0.355 e. The molecule has 0 radical (unpaired) electrons. The van der Waals surface area contributed by atoms with Crippen molar-refractivity contribution >= 4 is 23.5 Å². The lowest BCUT2D eigenvalue weighted by Crippen LogP contribution is -2.41. The van der Waals surface area contributed by atoms with Gasteiger partial charge in [-0.15, -0.1) is 0 Å². The van der Waals surface area contributed by atoms with Crippen LogP contribution in [0.15, 0.2) is 35.5 Å². The van der Waals surface area contributed by atoms with E-state index in [9.17, 15) is 14.4 Å². The van der Waals surface area contributed by atoms with Crippen LogP contribution in [0.5, 0.6) is 0 Å². The number of rotatable bonds is 5. The van der Waals surface area contributed by atoms with E-state index in [2.05, 4.69) is 5.32 Å². The predicted octanol–water partition coefficient (Wildman–Crippen LogP) is 2.92. The number of anilines is 1. The molecule has 0 bridgehead atoms. The van der Waals surface area contributed by atoms with Crippen LogP contribution in [0, 0.1) is 0 Å². The van der Waals surface area contributed by atoms with E-state index < -0.39 is 11.9 Å². The molecule has 1 aromatic rings. The van der Waals surface area contributed by atoms with Gasteiger partial charge in [0, 0.05) is 6.04 Å². The molecule has 1 fully saturated rings. The average molecular weight is 431 g/mol. The van der Waals surface area contributed by atoms with Crippen LogP contribution >= 0.6 is 0 Å². The summed E-state index contributed by atoms with van der Waals surface area (Å²) >= 11 is 0. The van der Waals surface area contributed by atoms with Crippen LogP contribution in [-0.2, 0) is 23.8 Å². The number of nitrogens with zero attached hydrogens (tertiary/aromatic N) is 1. The van der Waals surface area contributed by atoms with E-state index in [1.54, 1.807) is 24.3 Å².